The molecule has 0 fully saturated rings. The molecule has 1 rings (SSSR count). The van der Waals surface area contributed by atoms with Crippen molar-refractivity contribution in [2.24, 2.45) is 0 Å². The van der Waals surface area contributed by atoms with E-state index in [1.54, 1.807) is 11.3 Å². The molecule has 1 aromatic heterocycles. The number of thiophene rings is 1. The quantitative estimate of drug-likeness (QED) is 0.589. The molecule has 20 heavy (non-hydrogen) atoms. The molecule has 0 unspecified atom stereocenters. The maximum Gasteiger partial charge on any atom is 0.315 e. The normalized spacial score (nSPS) is 10.2. The lowest BCUT2D eigenvalue weighted by Gasteiger charge is -2.06. The minimum Gasteiger partial charge on any atom is -0.481 e. The van der Waals surface area contributed by atoms with Crippen LogP contribution < -0.4 is 10.6 Å². The standard InChI is InChI=1S/C13H19BrN2O3S/c14-11-7-6-10(20-11)9-16-13(19)15-8-4-2-1-3-5-12(17)18/h6-7H,1-5,8-9H2,(H,17,18)(H2,15,16,19). The van der Waals surface area contributed by atoms with Crippen molar-refractivity contribution in [2.75, 3.05) is 6.54 Å². The van der Waals surface area contributed by atoms with E-state index in [-0.39, 0.29) is 12.5 Å². The monoisotopic (exact) mass is 362 g/mol. The zero-order valence-corrected chi connectivity index (χ0v) is 13.6. The summed E-state index contributed by atoms with van der Waals surface area (Å²) >= 11 is 4.97. The molecule has 0 aliphatic rings. The average Bonchev–Trinajstić information content (AvgIpc) is 2.81. The SMILES string of the molecule is O=C(O)CCCCCCNC(=O)NCc1ccc(Br)s1. The number of hydrogen-bond donors (Lipinski definition) is 3. The van der Waals surface area contributed by atoms with Crippen LogP contribution in [0.25, 0.3) is 0 Å². The lowest BCUT2D eigenvalue weighted by atomic mass is 10.1. The first kappa shape index (κ1) is 17.0. The van der Waals surface area contributed by atoms with Gasteiger partial charge in [-0.05, 0) is 40.9 Å². The van der Waals surface area contributed by atoms with Crippen LogP contribution in [0, 0.1) is 0 Å². The topological polar surface area (TPSA) is 78.4 Å². The molecular weight excluding hydrogens is 344 g/mol. The van der Waals surface area contributed by atoms with Gasteiger partial charge in [0.05, 0.1) is 10.3 Å². The van der Waals surface area contributed by atoms with E-state index < -0.39 is 5.97 Å². The molecule has 0 saturated heterocycles. The van der Waals surface area contributed by atoms with Crippen LogP contribution in [-0.2, 0) is 11.3 Å². The van der Waals surface area contributed by atoms with E-state index in [2.05, 4.69) is 26.6 Å². The summed E-state index contributed by atoms with van der Waals surface area (Å²) in [5, 5.41) is 14.1. The van der Waals surface area contributed by atoms with Gasteiger partial charge in [0, 0.05) is 17.8 Å². The molecule has 2 amide bonds. The van der Waals surface area contributed by atoms with Crippen molar-refractivity contribution in [3.05, 3.63) is 20.8 Å². The fraction of sp³-hybridized carbons (Fsp3) is 0.538. The summed E-state index contributed by atoms with van der Waals surface area (Å²) in [4.78, 5) is 22.9. The van der Waals surface area contributed by atoms with Crippen molar-refractivity contribution in [3.63, 3.8) is 0 Å². The first-order valence-corrected chi connectivity index (χ1v) is 8.16. The lowest BCUT2D eigenvalue weighted by Crippen LogP contribution is -2.35. The number of nitrogens with one attached hydrogen (secondary N) is 2. The molecule has 3 N–H and O–H groups in total. The smallest absolute Gasteiger partial charge is 0.315 e. The van der Waals surface area contributed by atoms with Crippen LogP contribution in [0.1, 0.15) is 37.0 Å². The van der Waals surface area contributed by atoms with E-state index in [0.29, 0.717) is 19.5 Å². The Kier molecular flexibility index (Phi) is 8.29. The molecule has 0 saturated carbocycles. The Balaban J connectivity index is 1.96. The number of carbonyl (C=O) groups excluding carboxylic acids is 1. The first-order chi connectivity index (χ1) is 9.58. The third-order valence-corrected chi connectivity index (χ3v) is 4.28. The van der Waals surface area contributed by atoms with Crippen LogP contribution >= 0.6 is 27.3 Å². The maximum absolute atomic E-state index is 11.5. The van der Waals surface area contributed by atoms with Gasteiger partial charge in [0.15, 0.2) is 0 Å². The van der Waals surface area contributed by atoms with Gasteiger partial charge < -0.3 is 15.7 Å². The van der Waals surface area contributed by atoms with Gasteiger partial charge in [-0.25, -0.2) is 4.79 Å². The van der Waals surface area contributed by atoms with Crippen molar-refractivity contribution in [3.8, 4) is 0 Å². The molecule has 1 heterocycles. The third-order valence-electron chi connectivity index (χ3n) is 2.66. The third kappa shape index (κ3) is 8.16. The van der Waals surface area contributed by atoms with Crippen LogP contribution in [0.15, 0.2) is 15.9 Å². The predicted molar refractivity (Wildman–Crippen MR) is 83.0 cm³/mol. The molecule has 0 radical (unpaired) electrons. The maximum atomic E-state index is 11.5. The number of carboxylic acids is 1. The molecular formula is C13H19BrN2O3S. The van der Waals surface area contributed by atoms with Gasteiger partial charge in [-0.15, -0.1) is 11.3 Å². The summed E-state index contributed by atoms with van der Waals surface area (Å²) in [6.07, 6.45) is 3.63. The summed E-state index contributed by atoms with van der Waals surface area (Å²) in [7, 11) is 0. The Morgan fingerprint density at radius 2 is 1.90 bits per heavy atom. The van der Waals surface area contributed by atoms with E-state index in [1.807, 2.05) is 12.1 Å². The number of carboxylic acid groups (broad SMARTS) is 1. The molecule has 0 aliphatic heterocycles. The van der Waals surface area contributed by atoms with Crippen LogP contribution in [0.3, 0.4) is 0 Å². The highest BCUT2D eigenvalue weighted by Gasteiger charge is 2.02. The lowest BCUT2D eigenvalue weighted by molar-refractivity contribution is -0.137. The van der Waals surface area contributed by atoms with Crippen LogP contribution in [0.2, 0.25) is 0 Å². The van der Waals surface area contributed by atoms with Crippen molar-refractivity contribution in [1.29, 1.82) is 0 Å². The van der Waals surface area contributed by atoms with Gasteiger partial charge in [-0.1, -0.05) is 12.8 Å². The molecule has 5 nitrogen and oxygen atoms in total. The molecule has 0 atom stereocenters. The second kappa shape index (κ2) is 9.77. The van der Waals surface area contributed by atoms with Crippen molar-refractivity contribution >= 4 is 39.3 Å². The zero-order valence-electron chi connectivity index (χ0n) is 11.2. The molecule has 7 heteroatoms. The number of hydrogen-bond acceptors (Lipinski definition) is 3. The van der Waals surface area contributed by atoms with E-state index in [9.17, 15) is 9.59 Å². The summed E-state index contributed by atoms with van der Waals surface area (Å²) in [5.41, 5.74) is 0. The Hall–Kier alpha value is -1.08. The van der Waals surface area contributed by atoms with Gasteiger partial charge >= 0.3 is 12.0 Å². The van der Waals surface area contributed by atoms with E-state index >= 15 is 0 Å². The highest BCUT2D eigenvalue weighted by molar-refractivity contribution is 9.11. The molecule has 0 spiro atoms. The number of carbonyl (C=O) groups is 2. The minimum atomic E-state index is -0.747. The first-order valence-electron chi connectivity index (χ1n) is 6.55. The summed E-state index contributed by atoms with van der Waals surface area (Å²) in [5.74, 6) is -0.747. The largest absolute Gasteiger partial charge is 0.481 e. The second-order valence-electron chi connectivity index (χ2n) is 4.37. The number of halogens is 1. The van der Waals surface area contributed by atoms with E-state index in [4.69, 9.17) is 5.11 Å². The zero-order chi connectivity index (χ0) is 14.8. The Labute approximate surface area is 130 Å². The molecule has 0 aromatic carbocycles. The molecule has 112 valence electrons. The summed E-state index contributed by atoms with van der Waals surface area (Å²) < 4.78 is 1.05. The second-order valence-corrected chi connectivity index (χ2v) is 6.92. The van der Waals surface area contributed by atoms with Crippen LogP contribution in [0.4, 0.5) is 4.79 Å². The molecule has 0 bridgehead atoms. The van der Waals surface area contributed by atoms with Crippen molar-refractivity contribution < 1.29 is 14.7 Å². The number of amides is 2. The minimum absolute atomic E-state index is 0.167. The van der Waals surface area contributed by atoms with Gasteiger partial charge in [0.1, 0.15) is 0 Å². The number of aliphatic carboxylic acids is 1. The van der Waals surface area contributed by atoms with Crippen molar-refractivity contribution in [2.45, 2.75) is 38.6 Å². The van der Waals surface area contributed by atoms with Crippen LogP contribution in [0.5, 0.6) is 0 Å². The number of rotatable bonds is 9. The van der Waals surface area contributed by atoms with Gasteiger partial charge in [0.2, 0.25) is 0 Å². The van der Waals surface area contributed by atoms with Gasteiger partial charge in [-0.3, -0.25) is 4.79 Å². The average molecular weight is 363 g/mol. The van der Waals surface area contributed by atoms with Crippen LogP contribution in [-0.4, -0.2) is 23.7 Å². The van der Waals surface area contributed by atoms with Gasteiger partial charge in [-0.2, -0.15) is 0 Å². The Morgan fingerprint density at radius 1 is 1.15 bits per heavy atom. The van der Waals surface area contributed by atoms with Gasteiger partial charge in [0.25, 0.3) is 0 Å². The number of urea groups is 1. The number of unbranched alkanes of at least 4 members (excludes halogenated alkanes) is 3. The van der Waals surface area contributed by atoms with E-state index in [1.165, 1.54) is 0 Å². The summed E-state index contributed by atoms with van der Waals surface area (Å²) in [6.45, 7) is 1.15. The molecule has 1 aromatic rings. The molecule has 0 aliphatic carbocycles. The predicted octanol–water partition coefficient (Wildman–Crippen LogP) is 3.34. The van der Waals surface area contributed by atoms with E-state index in [0.717, 1.165) is 27.9 Å². The van der Waals surface area contributed by atoms with Crippen molar-refractivity contribution in [1.82, 2.24) is 10.6 Å². The summed E-state index contributed by atoms with van der Waals surface area (Å²) in [6, 6.07) is 3.76. The highest BCUT2D eigenvalue weighted by atomic mass is 79.9. The highest BCUT2D eigenvalue weighted by Crippen LogP contribution is 2.21. The fourth-order valence-electron chi connectivity index (χ4n) is 1.63. The Bertz CT molecular complexity index is 437. The Morgan fingerprint density at radius 3 is 2.55 bits per heavy atom. The fourth-order valence-corrected chi connectivity index (χ4v) is 3.06.